The smallest absolute Gasteiger partial charge is 0.256 e. The minimum absolute atomic E-state index is 0.0936. The van der Waals surface area contributed by atoms with Crippen LogP contribution in [0.2, 0.25) is 0 Å². The zero-order valence-corrected chi connectivity index (χ0v) is 15.9. The quantitative estimate of drug-likeness (QED) is 0.570. The van der Waals surface area contributed by atoms with Crippen molar-refractivity contribution in [3.63, 3.8) is 0 Å². The number of furan rings is 1. The van der Waals surface area contributed by atoms with E-state index in [2.05, 4.69) is 36.6 Å². The minimum atomic E-state index is -0.0936. The average Bonchev–Trinajstić information content (AvgIpc) is 3.42. The van der Waals surface area contributed by atoms with Gasteiger partial charge in [0.15, 0.2) is 11.6 Å². The van der Waals surface area contributed by atoms with E-state index in [1.807, 2.05) is 30.7 Å². The summed E-state index contributed by atoms with van der Waals surface area (Å²) < 4.78 is 7.53. The van der Waals surface area contributed by atoms with Crippen LogP contribution in [0.15, 0.2) is 70.5 Å². The molecule has 0 spiro atoms. The maximum absolute atomic E-state index is 12.7. The summed E-state index contributed by atoms with van der Waals surface area (Å²) in [6.45, 7) is 2.95. The number of aromatic amines is 1. The fourth-order valence-corrected chi connectivity index (χ4v) is 3.78. The Bertz CT molecular complexity index is 1160. The molecular formula is C22H21N5O2. The molecule has 1 aromatic carbocycles. The topological polar surface area (TPSA) is 80.0 Å². The fourth-order valence-electron chi connectivity index (χ4n) is 3.78. The van der Waals surface area contributed by atoms with Crippen LogP contribution in [0.1, 0.15) is 22.5 Å². The molecule has 1 N–H and O–H groups in total. The van der Waals surface area contributed by atoms with Crippen LogP contribution in [0.5, 0.6) is 0 Å². The minimum Gasteiger partial charge on any atom is -0.461 e. The molecular weight excluding hydrogens is 366 g/mol. The first-order valence-electron chi connectivity index (χ1n) is 9.67. The van der Waals surface area contributed by atoms with Crippen LogP contribution >= 0.6 is 0 Å². The molecule has 0 radical (unpaired) electrons. The molecule has 0 amide bonds. The summed E-state index contributed by atoms with van der Waals surface area (Å²) >= 11 is 0. The largest absolute Gasteiger partial charge is 0.461 e. The molecule has 0 aliphatic carbocycles. The maximum atomic E-state index is 12.7. The van der Waals surface area contributed by atoms with E-state index in [9.17, 15) is 4.79 Å². The molecule has 5 rings (SSSR count). The van der Waals surface area contributed by atoms with Crippen molar-refractivity contribution in [2.45, 2.75) is 26.1 Å². The van der Waals surface area contributed by atoms with E-state index < -0.39 is 0 Å². The summed E-state index contributed by atoms with van der Waals surface area (Å²) in [4.78, 5) is 26.7. The summed E-state index contributed by atoms with van der Waals surface area (Å²) in [7, 11) is 0. The number of nitrogens with zero attached hydrogens (tertiary/aromatic N) is 4. The Hall–Kier alpha value is -3.45. The lowest BCUT2D eigenvalue weighted by Gasteiger charge is -2.27. The van der Waals surface area contributed by atoms with Gasteiger partial charge in [-0.3, -0.25) is 9.69 Å². The predicted octanol–water partition coefficient (Wildman–Crippen LogP) is 2.83. The van der Waals surface area contributed by atoms with E-state index >= 15 is 0 Å². The predicted molar refractivity (Wildman–Crippen MR) is 108 cm³/mol. The highest BCUT2D eigenvalue weighted by Crippen LogP contribution is 2.20. The van der Waals surface area contributed by atoms with Crippen LogP contribution in [0.3, 0.4) is 0 Å². The van der Waals surface area contributed by atoms with Gasteiger partial charge < -0.3 is 14.0 Å². The molecule has 3 aromatic heterocycles. The fraction of sp³-hybridized carbons (Fsp3) is 0.227. The summed E-state index contributed by atoms with van der Waals surface area (Å²) in [5.41, 5.74) is 3.87. The van der Waals surface area contributed by atoms with Crippen LogP contribution < -0.4 is 5.56 Å². The van der Waals surface area contributed by atoms with Crippen molar-refractivity contribution < 1.29 is 4.42 Å². The lowest BCUT2D eigenvalue weighted by molar-refractivity contribution is 0.236. The third kappa shape index (κ3) is 3.64. The first-order valence-corrected chi connectivity index (χ1v) is 9.67. The molecule has 4 heterocycles. The molecule has 29 heavy (non-hydrogen) atoms. The number of H-pyrrole nitrogens is 1. The number of aromatic nitrogens is 4. The van der Waals surface area contributed by atoms with E-state index in [0.717, 1.165) is 43.0 Å². The highest BCUT2D eigenvalue weighted by molar-refractivity contribution is 5.47. The Morgan fingerprint density at radius 3 is 2.83 bits per heavy atom. The van der Waals surface area contributed by atoms with Crippen molar-refractivity contribution in [3.05, 3.63) is 94.1 Å². The van der Waals surface area contributed by atoms with Crippen molar-refractivity contribution in [2.24, 2.45) is 0 Å². The van der Waals surface area contributed by atoms with Gasteiger partial charge in [0.25, 0.3) is 5.56 Å². The van der Waals surface area contributed by atoms with Crippen LogP contribution in [0, 0.1) is 0 Å². The number of nitrogens with one attached hydrogen (secondary N) is 1. The summed E-state index contributed by atoms with van der Waals surface area (Å²) in [5, 5.41) is 0. The van der Waals surface area contributed by atoms with Crippen molar-refractivity contribution in [1.82, 2.24) is 24.4 Å². The van der Waals surface area contributed by atoms with E-state index in [4.69, 9.17) is 4.42 Å². The number of fused-ring (bicyclic) bond motifs is 1. The molecule has 0 unspecified atom stereocenters. The van der Waals surface area contributed by atoms with E-state index in [1.54, 1.807) is 18.4 Å². The molecule has 7 nitrogen and oxygen atoms in total. The Morgan fingerprint density at radius 2 is 2.00 bits per heavy atom. The SMILES string of the molecule is O=c1[nH]c(-c2ccco2)nc2c1CN(Cc1cncn1Cc1ccccc1)CC2. The Labute approximate surface area is 167 Å². The van der Waals surface area contributed by atoms with Crippen LogP contribution in [-0.2, 0) is 26.1 Å². The Morgan fingerprint density at radius 1 is 1.10 bits per heavy atom. The van der Waals surface area contributed by atoms with Gasteiger partial charge in [-0.2, -0.15) is 0 Å². The van der Waals surface area contributed by atoms with Gasteiger partial charge in [0.05, 0.1) is 29.5 Å². The van der Waals surface area contributed by atoms with Crippen molar-refractivity contribution in [3.8, 4) is 11.6 Å². The Balaban J connectivity index is 1.34. The zero-order chi connectivity index (χ0) is 19.6. The van der Waals surface area contributed by atoms with E-state index in [0.29, 0.717) is 18.1 Å². The standard InChI is InChI=1S/C22H21N5O2/c28-22-18-14-26(9-8-19(18)24-21(25-22)20-7-4-10-29-20)13-17-11-23-15-27(17)12-16-5-2-1-3-6-16/h1-7,10-11,15H,8-9,12-14H2,(H,24,25,28). The van der Waals surface area contributed by atoms with Gasteiger partial charge in [0.2, 0.25) is 0 Å². The van der Waals surface area contributed by atoms with E-state index in [-0.39, 0.29) is 5.56 Å². The van der Waals surface area contributed by atoms with Crippen LogP contribution in [0.25, 0.3) is 11.6 Å². The monoisotopic (exact) mass is 387 g/mol. The molecule has 4 aromatic rings. The molecule has 7 heteroatoms. The Kier molecular flexibility index (Phi) is 4.57. The van der Waals surface area contributed by atoms with Gasteiger partial charge in [0.1, 0.15) is 0 Å². The summed E-state index contributed by atoms with van der Waals surface area (Å²) in [6.07, 6.45) is 6.08. The normalized spacial score (nSPS) is 14.1. The second-order valence-corrected chi connectivity index (χ2v) is 7.28. The van der Waals surface area contributed by atoms with Crippen molar-refractivity contribution >= 4 is 0 Å². The number of hydrogen-bond donors (Lipinski definition) is 1. The number of rotatable bonds is 5. The molecule has 0 fully saturated rings. The van der Waals surface area contributed by atoms with E-state index in [1.165, 1.54) is 5.56 Å². The van der Waals surface area contributed by atoms with Gasteiger partial charge in [0, 0.05) is 38.8 Å². The number of benzene rings is 1. The van der Waals surface area contributed by atoms with Gasteiger partial charge in [-0.15, -0.1) is 0 Å². The van der Waals surface area contributed by atoms with Gasteiger partial charge in [-0.1, -0.05) is 30.3 Å². The van der Waals surface area contributed by atoms with Gasteiger partial charge in [-0.25, -0.2) is 9.97 Å². The third-order valence-electron chi connectivity index (χ3n) is 5.28. The highest BCUT2D eigenvalue weighted by atomic mass is 16.3. The number of hydrogen-bond acceptors (Lipinski definition) is 5. The van der Waals surface area contributed by atoms with Crippen molar-refractivity contribution in [2.75, 3.05) is 6.54 Å². The van der Waals surface area contributed by atoms with Gasteiger partial charge >= 0.3 is 0 Å². The molecule has 0 saturated heterocycles. The second kappa shape index (κ2) is 7.52. The van der Waals surface area contributed by atoms with Crippen LogP contribution in [0.4, 0.5) is 0 Å². The first kappa shape index (κ1) is 17.6. The molecule has 146 valence electrons. The van der Waals surface area contributed by atoms with Gasteiger partial charge in [-0.05, 0) is 17.7 Å². The lowest BCUT2D eigenvalue weighted by Crippen LogP contribution is -2.35. The molecule has 0 bridgehead atoms. The lowest BCUT2D eigenvalue weighted by atomic mass is 10.1. The van der Waals surface area contributed by atoms with Crippen LogP contribution in [-0.4, -0.2) is 31.0 Å². The maximum Gasteiger partial charge on any atom is 0.256 e. The molecule has 1 aliphatic rings. The molecule has 1 aliphatic heterocycles. The first-order chi connectivity index (χ1) is 14.3. The third-order valence-corrected chi connectivity index (χ3v) is 5.28. The second-order valence-electron chi connectivity index (χ2n) is 7.28. The number of imidazole rings is 1. The summed E-state index contributed by atoms with van der Waals surface area (Å²) in [6, 6.07) is 13.9. The molecule has 0 atom stereocenters. The summed E-state index contributed by atoms with van der Waals surface area (Å²) in [5.74, 6) is 1.07. The average molecular weight is 387 g/mol. The van der Waals surface area contributed by atoms with Crippen molar-refractivity contribution in [1.29, 1.82) is 0 Å². The zero-order valence-electron chi connectivity index (χ0n) is 15.9. The highest BCUT2D eigenvalue weighted by Gasteiger charge is 2.23. The molecule has 0 saturated carbocycles.